The first-order chi connectivity index (χ1) is 22.0. The van der Waals surface area contributed by atoms with Crippen LogP contribution >= 0.6 is 11.3 Å². The molecule has 0 saturated carbocycles. The van der Waals surface area contributed by atoms with Crippen LogP contribution in [-0.2, 0) is 11.3 Å². The highest BCUT2D eigenvalue weighted by Crippen LogP contribution is 2.32. The molecule has 0 fully saturated rings. The van der Waals surface area contributed by atoms with Crippen LogP contribution in [0.4, 0.5) is 5.69 Å². The molecule has 4 aromatic carbocycles. The molecule has 7 rings (SSSR count). The first-order valence-corrected chi connectivity index (χ1v) is 15.5. The number of nitrogens with one attached hydrogen (secondary N) is 1. The third-order valence-corrected chi connectivity index (χ3v) is 9.01. The van der Waals surface area contributed by atoms with Gasteiger partial charge in [0, 0.05) is 34.9 Å². The smallest absolute Gasteiger partial charge is 0.271 e. The summed E-state index contributed by atoms with van der Waals surface area (Å²) in [5.41, 5.74) is 5.48. The predicted octanol–water partition coefficient (Wildman–Crippen LogP) is 5.89. The number of thiazole rings is 1. The van der Waals surface area contributed by atoms with E-state index in [2.05, 4.69) is 40.3 Å². The van der Waals surface area contributed by atoms with Gasteiger partial charge in [0.1, 0.15) is 5.75 Å². The Morgan fingerprint density at radius 2 is 1.62 bits per heavy atom. The Bertz CT molecular complexity index is 2250. The Morgan fingerprint density at radius 3 is 2.36 bits per heavy atom. The maximum Gasteiger partial charge on any atom is 0.271 e. The molecule has 0 saturated heterocycles. The number of allylic oxidation sites excluding steroid dienone is 1. The Labute approximate surface area is 263 Å². The fraction of sp³-hybridized carbons (Fsp3) is 0.108. The SMILES string of the molecule is COc1ccc(C2C(C(=O)Nc3ccccc3)=C(C)N=c3s/c(=C\c4cn(Cc5ccccc5)c5ccccc45)c(=O)n32)cc1. The van der Waals surface area contributed by atoms with Crippen LogP contribution in [-0.4, -0.2) is 22.2 Å². The summed E-state index contributed by atoms with van der Waals surface area (Å²) in [4.78, 5) is 33.5. The number of hydrogen-bond donors (Lipinski definition) is 1. The number of anilines is 1. The van der Waals surface area contributed by atoms with Gasteiger partial charge >= 0.3 is 0 Å². The van der Waals surface area contributed by atoms with Crippen LogP contribution in [0, 0.1) is 0 Å². The number of carbonyl (C=O) groups is 1. The quantitative estimate of drug-likeness (QED) is 0.245. The number of fused-ring (bicyclic) bond motifs is 2. The summed E-state index contributed by atoms with van der Waals surface area (Å²) in [7, 11) is 1.61. The molecule has 1 atom stereocenters. The molecule has 3 heterocycles. The second-order valence-corrected chi connectivity index (χ2v) is 11.9. The molecule has 0 bridgehead atoms. The Morgan fingerprint density at radius 1 is 0.933 bits per heavy atom. The van der Waals surface area contributed by atoms with Gasteiger partial charge < -0.3 is 14.6 Å². The number of aromatic nitrogens is 2. The van der Waals surface area contributed by atoms with E-state index in [1.54, 1.807) is 11.7 Å². The molecule has 1 amide bonds. The first-order valence-electron chi connectivity index (χ1n) is 14.6. The lowest BCUT2D eigenvalue weighted by Gasteiger charge is -2.25. The molecule has 1 N–H and O–H groups in total. The van der Waals surface area contributed by atoms with E-state index >= 15 is 0 Å². The van der Waals surface area contributed by atoms with Crippen molar-refractivity contribution in [3.05, 3.63) is 163 Å². The van der Waals surface area contributed by atoms with Gasteiger partial charge in [0.25, 0.3) is 11.5 Å². The minimum absolute atomic E-state index is 0.197. The van der Waals surface area contributed by atoms with Gasteiger partial charge in [-0.25, -0.2) is 4.99 Å². The van der Waals surface area contributed by atoms with Crippen molar-refractivity contribution in [2.45, 2.75) is 19.5 Å². The summed E-state index contributed by atoms with van der Waals surface area (Å²) >= 11 is 1.33. The fourth-order valence-electron chi connectivity index (χ4n) is 5.88. The summed E-state index contributed by atoms with van der Waals surface area (Å²) in [6.45, 7) is 2.54. The van der Waals surface area contributed by atoms with E-state index in [1.165, 1.54) is 16.9 Å². The Balaban J connectivity index is 1.36. The fourth-order valence-corrected chi connectivity index (χ4v) is 6.91. The topological polar surface area (TPSA) is 77.6 Å². The predicted molar refractivity (Wildman–Crippen MR) is 179 cm³/mol. The summed E-state index contributed by atoms with van der Waals surface area (Å²) < 4.78 is 9.79. The highest BCUT2D eigenvalue weighted by molar-refractivity contribution is 7.07. The van der Waals surface area contributed by atoms with Crippen molar-refractivity contribution in [3.63, 3.8) is 0 Å². The number of ether oxygens (including phenoxy) is 1. The maximum atomic E-state index is 14.3. The van der Waals surface area contributed by atoms with Crippen molar-refractivity contribution in [3.8, 4) is 5.75 Å². The molecule has 1 unspecified atom stereocenters. The Kier molecular flexibility index (Phi) is 7.49. The molecule has 6 aromatic rings. The van der Waals surface area contributed by atoms with E-state index in [4.69, 9.17) is 9.73 Å². The van der Waals surface area contributed by atoms with Gasteiger partial charge in [0.15, 0.2) is 4.80 Å². The number of para-hydroxylation sites is 2. The number of amides is 1. The number of hydrogen-bond acceptors (Lipinski definition) is 5. The van der Waals surface area contributed by atoms with Crippen molar-refractivity contribution < 1.29 is 9.53 Å². The van der Waals surface area contributed by atoms with Gasteiger partial charge in [-0.05, 0) is 54.5 Å². The lowest BCUT2D eigenvalue weighted by molar-refractivity contribution is -0.113. The van der Waals surface area contributed by atoms with Crippen LogP contribution in [0.2, 0.25) is 0 Å². The van der Waals surface area contributed by atoms with E-state index < -0.39 is 6.04 Å². The number of nitrogens with zero attached hydrogens (tertiary/aromatic N) is 3. The van der Waals surface area contributed by atoms with Crippen molar-refractivity contribution in [1.82, 2.24) is 9.13 Å². The third-order valence-electron chi connectivity index (χ3n) is 8.03. The van der Waals surface area contributed by atoms with Crippen molar-refractivity contribution in [2.75, 3.05) is 12.4 Å². The van der Waals surface area contributed by atoms with E-state index in [0.717, 1.165) is 22.0 Å². The molecule has 45 heavy (non-hydrogen) atoms. The summed E-state index contributed by atoms with van der Waals surface area (Å²) in [5.74, 6) is 0.385. The number of rotatable bonds is 7. The third kappa shape index (κ3) is 5.41. The van der Waals surface area contributed by atoms with Crippen LogP contribution in [0.15, 0.2) is 136 Å². The second-order valence-electron chi connectivity index (χ2n) is 10.9. The summed E-state index contributed by atoms with van der Waals surface area (Å²) in [6, 6.07) is 34.6. The zero-order chi connectivity index (χ0) is 30.9. The van der Waals surface area contributed by atoms with Gasteiger partial charge in [0.05, 0.1) is 29.0 Å². The number of benzene rings is 4. The molecule has 0 radical (unpaired) electrons. The van der Waals surface area contributed by atoms with Crippen LogP contribution < -0.4 is 24.9 Å². The second kappa shape index (κ2) is 11.9. The monoisotopic (exact) mass is 610 g/mol. The van der Waals surface area contributed by atoms with Gasteiger partial charge in [0.2, 0.25) is 0 Å². The zero-order valence-electron chi connectivity index (χ0n) is 24.8. The van der Waals surface area contributed by atoms with Crippen molar-refractivity contribution in [2.24, 2.45) is 4.99 Å². The maximum absolute atomic E-state index is 14.3. The average molecular weight is 611 g/mol. The van der Waals surface area contributed by atoms with E-state index in [1.807, 2.05) is 97.9 Å². The minimum Gasteiger partial charge on any atom is -0.497 e. The van der Waals surface area contributed by atoms with Crippen LogP contribution in [0.5, 0.6) is 5.75 Å². The standard InChI is InChI=1S/C37H30N4O3S/c1-24-33(35(42)39-28-13-7-4-8-14-28)34(26-17-19-29(44-2)20-18-26)41-36(43)32(45-37(41)38-24)21-27-23-40(22-25-11-5-3-6-12-25)31-16-10-9-15-30(27)31/h3-21,23,34H,22H2,1-2H3,(H,39,42)/b32-21-. The molecule has 222 valence electrons. The molecule has 0 spiro atoms. The van der Waals surface area contributed by atoms with Gasteiger partial charge in [-0.1, -0.05) is 90.2 Å². The lowest BCUT2D eigenvalue weighted by Crippen LogP contribution is -2.40. The molecule has 0 aliphatic carbocycles. The first kappa shape index (κ1) is 28.3. The zero-order valence-corrected chi connectivity index (χ0v) is 25.6. The molecular formula is C37H30N4O3S. The number of carbonyl (C=O) groups excluding carboxylic acids is 1. The van der Waals surface area contributed by atoms with Crippen molar-refractivity contribution >= 4 is 39.9 Å². The largest absolute Gasteiger partial charge is 0.497 e. The van der Waals surface area contributed by atoms with Crippen LogP contribution in [0.3, 0.4) is 0 Å². The Hall–Kier alpha value is -5.47. The molecule has 8 heteroatoms. The van der Waals surface area contributed by atoms with Crippen molar-refractivity contribution in [1.29, 1.82) is 0 Å². The number of methoxy groups -OCH3 is 1. The highest BCUT2D eigenvalue weighted by Gasteiger charge is 2.32. The van der Waals surface area contributed by atoms with Gasteiger partial charge in [-0.2, -0.15) is 0 Å². The summed E-state index contributed by atoms with van der Waals surface area (Å²) in [5, 5.41) is 4.06. The van der Waals surface area contributed by atoms with Crippen LogP contribution in [0.25, 0.3) is 17.0 Å². The molecule has 2 aromatic heterocycles. The molecule has 1 aliphatic rings. The van der Waals surface area contributed by atoms with E-state index in [-0.39, 0.29) is 11.5 Å². The average Bonchev–Trinajstić information content (AvgIpc) is 3.57. The lowest BCUT2D eigenvalue weighted by atomic mass is 9.95. The van der Waals surface area contributed by atoms with Crippen LogP contribution in [0.1, 0.15) is 29.7 Å². The molecular weight excluding hydrogens is 580 g/mol. The normalized spacial score (nSPS) is 14.7. The molecule has 1 aliphatic heterocycles. The van der Waals surface area contributed by atoms with Gasteiger partial charge in [-0.3, -0.25) is 14.2 Å². The van der Waals surface area contributed by atoms with Gasteiger partial charge in [-0.15, -0.1) is 0 Å². The summed E-state index contributed by atoms with van der Waals surface area (Å²) in [6.07, 6.45) is 4.04. The highest BCUT2D eigenvalue weighted by atomic mass is 32.1. The molecule has 7 nitrogen and oxygen atoms in total. The van der Waals surface area contributed by atoms with E-state index in [9.17, 15) is 9.59 Å². The minimum atomic E-state index is -0.669. The van der Waals surface area contributed by atoms with E-state index in [0.29, 0.717) is 38.6 Å².